The molecule has 0 saturated carbocycles. The number of allylic oxidation sites excluding steroid dienone is 2. The average molecular weight is 845 g/mol. The van der Waals surface area contributed by atoms with Crippen molar-refractivity contribution in [1.82, 2.24) is 0 Å². The summed E-state index contributed by atoms with van der Waals surface area (Å²) < 4.78 is 34.4. The highest BCUT2D eigenvalue weighted by molar-refractivity contribution is 7.47. The van der Waals surface area contributed by atoms with Crippen molar-refractivity contribution in [3.05, 3.63) is 12.2 Å². The molecule has 58 heavy (non-hydrogen) atoms. The molecule has 0 amide bonds. The Morgan fingerprint density at radius 3 is 1.28 bits per heavy atom. The zero-order chi connectivity index (χ0) is 42.8. The molecule has 0 bridgehead atoms. The van der Waals surface area contributed by atoms with Gasteiger partial charge in [0.15, 0.2) is 6.10 Å². The van der Waals surface area contributed by atoms with Gasteiger partial charge in [-0.3, -0.25) is 18.6 Å². The number of carbonyl (C=O) groups is 2. The SMILES string of the molecule is CCCCCCC/C=C/CCCCCCCC(=O)O[C@H](COC(=O)CCCCCCCCCCCCCCCCCCCCCC)COP(=O)(O)OCC[N+](C)(C)C. The van der Waals surface area contributed by atoms with Crippen molar-refractivity contribution in [2.75, 3.05) is 47.5 Å². The monoisotopic (exact) mass is 845 g/mol. The number of phosphoric acid groups is 1. The first kappa shape index (κ1) is 56.8. The van der Waals surface area contributed by atoms with E-state index in [2.05, 4.69) is 26.0 Å². The number of rotatable bonds is 45. The van der Waals surface area contributed by atoms with Crippen molar-refractivity contribution in [2.45, 2.75) is 238 Å². The molecule has 1 N–H and O–H groups in total. The van der Waals surface area contributed by atoms with Crippen LogP contribution in [0, 0.1) is 0 Å². The summed E-state index contributed by atoms with van der Waals surface area (Å²) in [5.74, 6) is -0.795. The molecular weight excluding hydrogens is 750 g/mol. The van der Waals surface area contributed by atoms with Gasteiger partial charge in [0.25, 0.3) is 0 Å². The van der Waals surface area contributed by atoms with Crippen LogP contribution >= 0.6 is 7.82 Å². The van der Waals surface area contributed by atoms with Crippen LogP contribution in [0.3, 0.4) is 0 Å². The number of phosphoric ester groups is 1. The van der Waals surface area contributed by atoms with Crippen molar-refractivity contribution >= 4 is 19.8 Å². The van der Waals surface area contributed by atoms with Crippen LogP contribution < -0.4 is 0 Å². The predicted octanol–water partition coefficient (Wildman–Crippen LogP) is 14.1. The number of unbranched alkanes of at least 4 members (excludes halogenated alkanes) is 29. The Bertz CT molecular complexity index is 1000. The topological polar surface area (TPSA) is 108 Å². The second-order valence-electron chi connectivity index (χ2n) is 17.9. The van der Waals surface area contributed by atoms with Crippen LogP contribution in [0.15, 0.2) is 12.2 Å². The standard InChI is InChI=1S/C48H94NO8P/c1-6-8-10-12-14-16-18-20-22-23-24-25-26-27-29-30-32-34-36-38-40-47(50)54-44-46(45-56-58(52,53)55-43-42-49(3,4)5)57-48(51)41-39-37-35-33-31-28-21-19-17-15-13-11-9-7-2/h19,21,46H,6-18,20,22-45H2,1-5H3/p+1/b21-19+/t46-/m1/s1. The van der Waals surface area contributed by atoms with E-state index < -0.39 is 26.5 Å². The maximum Gasteiger partial charge on any atom is 0.472 e. The van der Waals surface area contributed by atoms with E-state index in [1.54, 1.807) is 0 Å². The largest absolute Gasteiger partial charge is 0.472 e. The highest BCUT2D eigenvalue weighted by atomic mass is 31.2. The van der Waals surface area contributed by atoms with Gasteiger partial charge in [0.1, 0.15) is 19.8 Å². The van der Waals surface area contributed by atoms with Gasteiger partial charge < -0.3 is 18.9 Å². The Kier molecular flexibility index (Phi) is 40.2. The van der Waals surface area contributed by atoms with Crippen molar-refractivity contribution in [3.8, 4) is 0 Å². The van der Waals surface area contributed by atoms with Gasteiger partial charge in [-0.15, -0.1) is 0 Å². The Labute approximate surface area is 358 Å². The number of quaternary nitrogens is 1. The number of likely N-dealkylation sites (N-methyl/N-ethyl adjacent to an activating group) is 1. The minimum atomic E-state index is -4.37. The second-order valence-corrected chi connectivity index (χ2v) is 19.3. The minimum absolute atomic E-state index is 0.0333. The molecule has 0 aromatic carbocycles. The quantitative estimate of drug-likeness (QED) is 0.0212. The van der Waals surface area contributed by atoms with Crippen LogP contribution in [0.25, 0.3) is 0 Å². The first-order valence-corrected chi connectivity index (χ1v) is 25.9. The first-order valence-electron chi connectivity index (χ1n) is 24.4. The number of carbonyl (C=O) groups excluding carboxylic acids is 2. The molecule has 0 aromatic heterocycles. The summed E-state index contributed by atoms with van der Waals surface area (Å²) in [6, 6.07) is 0. The smallest absolute Gasteiger partial charge is 0.462 e. The Morgan fingerprint density at radius 2 is 0.879 bits per heavy atom. The van der Waals surface area contributed by atoms with Crippen LogP contribution in [-0.2, 0) is 32.7 Å². The summed E-state index contributed by atoms with van der Waals surface area (Å²) in [6.45, 7) is 4.44. The summed E-state index contributed by atoms with van der Waals surface area (Å²) in [6.07, 6.45) is 44.0. The van der Waals surface area contributed by atoms with Crippen LogP contribution in [0.2, 0.25) is 0 Å². The zero-order valence-electron chi connectivity index (χ0n) is 38.8. The predicted molar refractivity (Wildman–Crippen MR) is 243 cm³/mol. The van der Waals surface area contributed by atoms with Crippen LogP contribution in [0.4, 0.5) is 0 Å². The molecule has 0 aliphatic carbocycles. The molecule has 9 nitrogen and oxygen atoms in total. The number of nitrogens with zero attached hydrogens (tertiary/aromatic N) is 1. The summed E-state index contributed by atoms with van der Waals surface area (Å²) in [4.78, 5) is 35.4. The van der Waals surface area contributed by atoms with E-state index in [0.717, 1.165) is 51.4 Å². The lowest BCUT2D eigenvalue weighted by Gasteiger charge is -2.24. The third-order valence-electron chi connectivity index (χ3n) is 10.8. The Balaban J connectivity index is 4.23. The Hall–Kier alpha value is -1.25. The van der Waals surface area contributed by atoms with Gasteiger partial charge in [-0.25, -0.2) is 4.57 Å². The fourth-order valence-electron chi connectivity index (χ4n) is 6.95. The average Bonchev–Trinajstić information content (AvgIpc) is 3.17. The molecule has 1 unspecified atom stereocenters. The van der Waals surface area contributed by atoms with E-state index in [-0.39, 0.29) is 25.6 Å². The Morgan fingerprint density at radius 1 is 0.517 bits per heavy atom. The molecule has 0 rings (SSSR count). The summed E-state index contributed by atoms with van der Waals surface area (Å²) in [7, 11) is 1.48. The molecule has 0 saturated heterocycles. The minimum Gasteiger partial charge on any atom is -0.462 e. The fraction of sp³-hybridized carbons (Fsp3) is 0.917. The van der Waals surface area contributed by atoms with Crippen LogP contribution in [0.1, 0.15) is 232 Å². The van der Waals surface area contributed by atoms with E-state index in [0.29, 0.717) is 23.9 Å². The van der Waals surface area contributed by atoms with Gasteiger partial charge in [-0.1, -0.05) is 193 Å². The van der Waals surface area contributed by atoms with E-state index >= 15 is 0 Å². The molecule has 0 heterocycles. The lowest BCUT2D eigenvalue weighted by Crippen LogP contribution is -2.37. The number of hydrogen-bond acceptors (Lipinski definition) is 7. The molecule has 0 spiro atoms. The van der Waals surface area contributed by atoms with Crippen molar-refractivity contribution in [3.63, 3.8) is 0 Å². The van der Waals surface area contributed by atoms with Gasteiger partial charge in [-0.05, 0) is 38.5 Å². The fourth-order valence-corrected chi connectivity index (χ4v) is 7.69. The van der Waals surface area contributed by atoms with Gasteiger partial charge in [0, 0.05) is 12.8 Å². The van der Waals surface area contributed by atoms with Crippen molar-refractivity contribution < 1.29 is 42.1 Å². The van der Waals surface area contributed by atoms with Crippen LogP contribution in [-0.4, -0.2) is 74.9 Å². The third kappa shape index (κ3) is 44.3. The molecule has 0 radical (unpaired) electrons. The van der Waals surface area contributed by atoms with Gasteiger partial charge >= 0.3 is 19.8 Å². The van der Waals surface area contributed by atoms with Gasteiger partial charge in [-0.2, -0.15) is 0 Å². The summed E-state index contributed by atoms with van der Waals surface area (Å²) in [5.41, 5.74) is 0. The zero-order valence-corrected chi connectivity index (χ0v) is 39.7. The summed E-state index contributed by atoms with van der Waals surface area (Å²) >= 11 is 0. The van der Waals surface area contributed by atoms with Gasteiger partial charge in [0.05, 0.1) is 27.7 Å². The number of ether oxygens (including phenoxy) is 2. The molecule has 10 heteroatoms. The van der Waals surface area contributed by atoms with Crippen LogP contribution in [0.5, 0.6) is 0 Å². The van der Waals surface area contributed by atoms with Crippen molar-refractivity contribution in [2.24, 2.45) is 0 Å². The molecular formula is C48H95NO8P+. The van der Waals surface area contributed by atoms with E-state index in [1.807, 2.05) is 21.1 Å². The normalized spacial score (nSPS) is 13.6. The maximum absolute atomic E-state index is 12.7. The number of esters is 2. The van der Waals surface area contributed by atoms with Crippen molar-refractivity contribution in [1.29, 1.82) is 0 Å². The maximum atomic E-state index is 12.7. The highest BCUT2D eigenvalue weighted by Gasteiger charge is 2.27. The molecule has 0 aliphatic heterocycles. The van der Waals surface area contributed by atoms with E-state index in [4.69, 9.17) is 18.5 Å². The molecule has 0 aliphatic rings. The number of hydrogen-bond donors (Lipinski definition) is 1. The second kappa shape index (κ2) is 41.1. The molecule has 2 atom stereocenters. The first-order chi connectivity index (χ1) is 28.0. The molecule has 344 valence electrons. The lowest BCUT2D eigenvalue weighted by molar-refractivity contribution is -0.870. The van der Waals surface area contributed by atoms with E-state index in [9.17, 15) is 19.0 Å². The third-order valence-corrected chi connectivity index (χ3v) is 11.8. The summed E-state index contributed by atoms with van der Waals surface area (Å²) in [5, 5.41) is 0. The van der Waals surface area contributed by atoms with E-state index in [1.165, 1.54) is 148 Å². The molecule has 0 fully saturated rings. The molecule has 0 aromatic rings. The van der Waals surface area contributed by atoms with Gasteiger partial charge in [0.2, 0.25) is 0 Å². The highest BCUT2D eigenvalue weighted by Crippen LogP contribution is 2.43. The lowest BCUT2D eigenvalue weighted by atomic mass is 10.0.